The Morgan fingerprint density at radius 1 is 1.00 bits per heavy atom. The van der Waals surface area contributed by atoms with E-state index in [2.05, 4.69) is 4.98 Å². The number of pyridine rings is 1. The van der Waals surface area contributed by atoms with Gasteiger partial charge in [0.05, 0.1) is 11.3 Å². The summed E-state index contributed by atoms with van der Waals surface area (Å²) in [5.41, 5.74) is 1.61. The van der Waals surface area contributed by atoms with Crippen LogP contribution in [0.4, 0.5) is 5.82 Å². The van der Waals surface area contributed by atoms with Crippen molar-refractivity contribution in [1.29, 1.82) is 0 Å². The van der Waals surface area contributed by atoms with E-state index in [-0.39, 0.29) is 11.3 Å². The number of anilines is 1. The number of benzene rings is 2. The number of hydrogen-bond donors (Lipinski definition) is 0. The molecular weight excluding hydrogens is 363 g/mol. The molecule has 3 aromatic rings. The lowest BCUT2D eigenvalue weighted by Gasteiger charge is -2.25. The topological polar surface area (TPSA) is 33.2 Å². The van der Waals surface area contributed by atoms with E-state index in [4.69, 9.17) is 23.2 Å². The lowest BCUT2D eigenvalue weighted by Crippen LogP contribution is -2.29. The fraction of sp³-hybridized carbons (Fsp3) is 0.111. The van der Waals surface area contributed by atoms with Gasteiger partial charge < -0.3 is 0 Å². The van der Waals surface area contributed by atoms with Crippen molar-refractivity contribution >= 4 is 57.6 Å². The van der Waals surface area contributed by atoms with Crippen LogP contribution in [0.25, 0.3) is 10.9 Å². The van der Waals surface area contributed by atoms with Crippen LogP contribution in [0.15, 0.2) is 54.6 Å². The van der Waals surface area contributed by atoms with E-state index in [1.54, 1.807) is 23.1 Å². The number of halogens is 2. The highest BCUT2D eigenvalue weighted by atomic mass is 35.5. The fourth-order valence-corrected chi connectivity index (χ4v) is 4.79. The van der Waals surface area contributed by atoms with Crippen LogP contribution in [0.5, 0.6) is 0 Å². The lowest BCUT2D eigenvalue weighted by atomic mass is 10.2. The molecule has 1 aliphatic heterocycles. The van der Waals surface area contributed by atoms with Gasteiger partial charge in [-0.15, -0.1) is 11.8 Å². The van der Waals surface area contributed by atoms with Gasteiger partial charge in [-0.2, -0.15) is 0 Å². The Hall–Kier alpha value is -1.75. The molecule has 1 aliphatic rings. The minimum atomic E-state index is -0.271. The molecule has 0 spiro atoms. The van der Waals surface area contributed by atoms with Gasteiger partial charge in [0, 0.05) is 21.0 Å². The molecule has 120 valence electrons. The van der Waals surface area contributed by atoms with Crippen LogP contribution in [0.1, 0.15) is 10.9 Å². The molecule has 4 rings (SSSR count). The Kier molecular flexibility index (Phi) is 4.12. The second kappa shape index (κ2) is 6.28. The van der Waals surface area contributed by atoms with Gasteiger partial charge in [-0.3, -0.25) is 9.69 Å². The second-order valence-corrected chi connectivity index (χ2v) is 7.31. The number of para-hydroxylation sites is 1. The largest absolute Gasteiger partial charge is 0.279 e. The number of thioether (sulfide) groups is 1. The molecule has 1 amide bonds. The Balaban J connectivity index is 1.83. The monoisotopic (exact) mass is 374 g/mol. The molecule has 0 N–H and O–H groups in total. The molecule has 3 nitrogen and oxygen atoms in total. The Morgan fingerprint density at radius 3 is 2.54 bits per heavy atom. The maximum absolute atomic E-state index is 12.5. The summed E-state index contributed by atoms with van der Waals surface area (Å²) >= 11 is 14.2. The first-order valence-corrected chi connectivity index (χ1v) is 9.19. The van der Waals surface area contributed by atoms with Crippen LogP contribution in [-0.4, -0.2) is 16.6 Å². The van der Waals surface area contributed by atoms with Crippen LogP contribution in [0, 0.1) is 0 Å². The van der Waals surface area contributed by atoms with Gasteiger partial charge in [0.25, 0.3) is 0 Å². The van der Waals surface area contributed by atoms with Crippen LogP contribution < -0.4 is 4.90 Å². The van der Waals surface area contributed by atoms with Gasteiger partial charge in [-0.25, -0.2) is 4.98 Å². The van der Waals surface area contributed by atoms with E-state index in [1.807, 2.05) is 36.4 Å². The molecule has 1 saturated heterocycles. The first-order chi connectivity index (χ1) is 11.6. The molecule has 6 heteroatoms. The van der Waals surface area contributed by atoms with E-state index in [0.717, 1.165) is 16.5 Å². The maximum atomic E-state index is 12.5. The van der Waals surface area contributed by atoms with Crippen LogP contribution in [0.3, 0.4) is 0 Å². The molecule has 0 radical (unpaired) electrons. The fourth-order valence-electron chi connectivity index (χ4n) is 2.82. The van der Waals surface area contributed by atoms with E-state index in [1.165, 1.54) is 11.8 Å². The highest BCUT2D eigenvalue weighted by Crippen LogP contribution is 2.46. The molecule has 2 aromatic carbocycles. The molecule has 1 atom stereocenters. The first-order valence-electron chi connectivity index (χ1n) is 7.38. The maximum Gasteiger partial charge on any atom is 0.239 e. The third-order valence-electron chi connectivity index (χ3n) is 3.95. The number of amides is 1. The van der Waals surface area contributed by atoms with Gasteiger partial charge >= 0.3 is 0 Å². The molecule has 1 fully saturated rings. The highest BCUT2D eigenvalue weighted by Gasteiger charge is 2.37. The predicted molar refractivity (Wildman–Crippen MR) is 101 cm³/mol. The number of hydrogen-bond acceptors (Lipinski definition) is 3. The molecule has 24 heavy (non-hydrogen) atoms. The van der Waals surface area contributed by atoms with E-state index in [9.17, 15) is 4.79 Å². The summed E-state index contributed by atoms with van der Waals surface area (Å²) in [6.07, 6.45) is 0. The molecule has 0 aliphatic carbocycles. The third-order valence-corrected chi connectivity index (χ3v) is 5.78. The summed E-state index contributed by atoms with van der Waals surface area (Å²) in [6.45, 7) is 0. The van der Waals surface area contributed by atoms with Crippen molar-refractivity contribution in [1.82, 2.24) is 4.98 Å². The number of rotatable bonds is 2. The zero-order valence-corrected chi connectivity index (χ0v) is 14.8. The number of carbonyl (C=O) groups excluding carboxylic acids is 1. The molecule has 0 unspecified atom stereocenters. The van der Waals surface area contributed by atoms with Crippen LogP contribution in [0.2, 0.25) is 10.0 Å². The number of nitrogens with zero attached hydrogens (tertiary/aromatic N) is 2. The smallest absolute Gasteiger partial charge is 0.239 e. The van der Waals surface area contributed by atoms with Crippen molar-refractivity contribution in [3.05, 3.63) is 70.2 Å². The minimum absolute atomic E-state index is 0.00349. The molecule has 1 aromatic heterocycles. The standard InChI is InChI=1S/C18H12Cl2N2OS/c19-12-5-3-6-13(20)17(12)18-22(16(23)10-24-18)15-9-8-11-4-1-2-7-14(11)21-15/h1-9,18H,10H2/t18-/m0/s1. The van der Waals surface area contributed by atoms with Crippen molar-refractivity contribution in [3.63, 3.8) is 0 Å². The summed E-state index contributed by atoms with van der Waals surface area (Å²) in [5.74, 6) is 0.995. The molecule has 2 heterocycles. The van der Waals surface area contributed by atoms with Crippen LogP contribution in [-0.2, 0) is 4.79 Å². The average molecular weight is 375 g/mol. The number of aromatic nitrogens is 1. The number of fused-ring (bicyclic) bond motifs is 1. The van der Waals surface area contributed by atoms with E-state index < -0.39 is 0 Å². The second-order valence-electron chi connectivity index (χ2n) is 5.42. The lowest BCUT2D eigenvalue weighted by molar-refractivity contribution is -0.115. The summed E-state index contributed by atoms with van der Waals surface area (Å²) in [4.78, 5) is 18.8. The quantitative estimate of drug-likeness (QED) is 0.608. The van der Waals surface area contributed by atoms with Crippen molar-refractivity contribution in [3.8, 4) is 0 Å². The highest BCUT2D eigenvalue weighted by molar-refractivity contribution is 8.00. The van der Waals surface area contributed by atoms with Crippen molar-refractivity contribution in [2.24, 2.45) is 0 Å². The van der Waals surface area contributed by atoms with E-state index >= 15 is 0 Å². The van der Waals surface area contributed by atoms with Crippen LogP contribution >= 0.6 is 35.0 Å². The van der Waals surface area contributed by atoms with Crippen molar-refractivity contribution in [2.45, 2.75) is 5.37 Å². The first kappa shape index (κ1) is 15.8. The number of carbonyl (C=O) groups is 1. The normalized spacial score (nSPS) is 17.7. The summed E-state index contributed by atoms with van der Waals surface area (Å²) in [7, 11) is 0. The molecular formula is C18H12Cl2N2OS. The van der Waals surface area contributed by atoms with Crippen molar-refractivity contribution < 1.29 is 4.79 Å². The Morgan fingerprint density at radius 2 is 1.75 bits per heavy atom. The third kappa shape index (κ3) is 2.65. The van der Waals surface area contributed by atoms with Gasteiger partial charge in [-0.05, 0) is 30.3 Å². The van der Waals surface area contributed by atoms with Gasteiger partial charge in [0.15, 0.2) is 0 Å². The van der Waals surface area contributed by atoms with Gasteiger partial charge in [0.2, 0.25) is 5.91 Å². The summed E-state index contributed by atoms with van der Waals surface area (Å²) in [6, 6.07) is 17.0. The zero-order valence-electron chi connectivity index (χ0n) is 12.4. The van der Waals surface area contributed by atoms with Gasteiger partial charge in [-0.1, -0.05) is 47.5 Å². The van der Waals surface area contributed by atoms with Gasteiger partial charge in [0.1, 0.15) is 11.2 Å². The zero-order chi connectivity index (χ0) is 16.7. The minimum Gasteiger partial charge on any atom is -0.279 e. The predicted octanol–water partition coefficient (Wildman–Crippen LogP) is 5.32. The summed E-state index contributed by atoms with van der Waals surface area (Å²) < 4.78 is 0. The summed E-state index contributed by atoms with van der Waals surface area (Å²) in [5, 5.41) is 1.88. The molecule has 0 saturated carbocycles. The molecule has 0 bridgehead atoms. The van der Waals surface area contributed by atoms with E-state index in [0.29, 0.717) is 21.6 Å². The van der Waals surface area contributed by atoms with Crippen molar-refractivity contribution in [2.75, 3.05) is 10.7 Å². The SMILES string of the molecule is O=C1CS[C@@H](c2c(Cl)cccc2Cl)N1c1ccc2ccccc2n1. The Labute approximate surface area is 153 Å². The Bertz CT molecular complexity index is 927. The average Bonchev–Trinajstić information content (AvgIpc) is 2.95.